The molecule has 0 amide bonds. The van der Waals surface area contributed by atoms with Gasteiger partial charge in [0.25, 0.3) is 0 Å². The molecule has 0 aromatic heterocycles. The maximum Gasteiger partial charge on any atom is 0.304 e. The highest BCUT2D eigenvalue weighted by Crippen LogP contribution is 2.31. The van der Waals surface area contributed by atoms with Gasteiger partial charge in [0.15, 0.2) is 0 Å². The van der Waals surface area contributed by atoms with E-state index >= 15 is 0 Å². The maximum atomic E-state index is 13.5. The molecule has 19 heavy (non-hydrogen) atoms. The van der Waals surface area contributed by atoms with E-state index in [1.807, 2.05) is 0 Å². The predicted octanol–water partition coefficient (Wildman–Crippen LogP) is 2.38. The lowest BCUT2D eigenvalue weighted by molar-refractivity contribution is -0.387. The van der Waals surface area contributed by atoms with Gasteiger partial charge in [-0.05, 0) is 25.3 Å². The predicted molar refractivity (Wildman–Crippen MR) is 69.7 cm³/mol. The molecule has 0 spiro atoms. The zero-order chi connectivity index (χ0) is 13.4. The molecule has 0 bridgehead atoms. The van der Waals surface area contributed by atoms with Gasteiger partial charge in [-0.3, -0.25) is 15.0 Å². The van der Waals surface area contributed by atoms with Gasteiger partial charge in [0.05, 0.1) is 4.92 Å². The van der Waals surface area contributed by atoms with Crippen LogP contribution in [0.5, 0.6) is 0 Å². The second kappa shape index (κ2) is 4.77. The number of anilines is 1. The fraction of sp³-hybridized carbons (Fsp3) is 0.538. The van der Waals surface area contributed by atoms with Crippen molar-refractivity contribution in [3.05, 3.63) is 34.1 Å². The number of nitrogens with one attached hydrogen (secondary N) is 1. The third-order valence-electron chi connectivity index (χ3n) is 3.80. The summed E-state index contributed by atoms with van der Waals surface area (Å²) in [6, 6.07) is 5.05. The van der Waals surface area contributed by atoms with Crippen LogP contribution in [0.2, 0.25) is 0 Å². The Kier molecular flexibility index (Phi) is 3.10. The highest BCUT2D eigenvalue weighted by Gasteiger charge is 2.34. The highest BCUT2D eigenvalue weighted by atomic mass is 19.1. The Balaban J connectivity index is 1.63. The first kappa shape index (κ1) is 12.3. The molecule has 1 atom stereocenters. The molecule has 1 heterocycles. The molecule has 5 nitrogen and oxygen atoms in total. The van der Waals surface area contributed by atoms with Gasteiger partial charge >= 0.3 is 5.69 Å². The van der Waals surface area contributed by atoms with Crippen LogP contribution >= 0.6 is 0 Å². The Labute approximate surface area is 110 Å². The van der Waals surface area contributed by atoms with Crippen molar-refractivity contribution in [3.8, 4) is 0 Å². The molecule has 1 unspecified atom stereocenters. The molecule has 2 fully saturated rings. The van der Waals surface area contributed by atoms with Gasteiger partial charge in [-0.15, -0.1) is 0 Å². The van der Waals surface area contributed by atoms with Crippen molar-refractivity contribution < 1.29 is 9.31 Å². The van der Waals surface area contributed by atoms with Gasteiger partial charge in [-0.25, -0.2) is 0 Å². The minimum atomic E-state index is -0.785. The van der Waals surface area contributed by atoms with Crippen LogP contribution in [0.15, 0.2) is 18.2 Å². The van der Waals surface area contributed by atoms with Crippen LogP contribution in [0.4, 0.5) is 15.8 Å². The standard InChI is InChI=1S/C13H16FN3O2/c14-12-7-9(1-4-13(12)17(18)19)15-10-5-6-16(8-10)11-2-3-11/h1,4,7,10-11,15H,2-3,5-6,8H2. The molecular formula is C13H16FN3O2. The third-order valence-corrected chi connectivity index (χ3v) is 3.80. The number of hydrogen-bond acceptors (Lipinski definition) is 4. The molecule has 1 saturated heterocycles. The lowest BCUT2D eigenvalue weighted by Gasteiger charge is -2.16. The number of hydrogen-bond donors (Lipinski definition) is 1. The summed E-state index contributed by atoms with van der Waals surface area (Å²) < 4.78 is 13.5. The van der Waals surface area contributed by atoms with E-state index < -0.39 is 16.4 Å². The maximum absolute atomic E-state index is 13.5. The summed E-state index contributed by atoms with van der Waals surface area (Å²) in [4.78, 5) is 12.3. The quantitative estimate of drug-likeness (QED) is 0.670. The number of halogens is 1. The topological polar surface area (TPSA) is 58.4 Å². The van der Waals surface area contributed by atoms with Crippen LogP contribution in [0.3, 0.4) is 0 Å². The van der Waals surface area contributed by atoms with E-state index in [4.69, 9.17) is 0 Å². The average Bonchev–Trinajstić information content (AvgIpc) is 3.10. The summed E-state index contributed by atoms with van der Waals surface area (Å²) in [5.74, 6) is -0.785. The summed E-state index contributed by atoms with van der Waals surface area (Å²) in [5, 5.41) is 13.8. The van der Waals surface area contributed by atoms with E-state index in [1.54, 1.807) is 6.07 Å². The van der Waals surface area contributed by atoms with Crippen LogP contribution < -0.4 is 5.32 Å². The summed E-state index contributed by atoms with van der Waals surface area (Å²) in [7, 11) is 0. The van der Waals surface area contributed by atoms with Crippen molar-refractivity contribution in [1.29, 1.82) is 0 Å². The third kappa shape index (κ3) is 2.68. The zero-order valence-electron chi connectivity index (χ0n) is 10.5. The second-order valence-corrected chi connectivity index (χ2v) is 5.28. The van der Waals surface area contributed by atoms with E-state index in [2.05, 4.69) is 10.2 Å². The second-order valence-electron chi connectivity index (χ2n) is 5.28. The van der Waals surface area contributed by atoms with Gasteiger partial charge in [-0.2, -0.15) is 4.39 Å². The van der Waals surface area contributed by atoms with E-state index in [-0.39, 0.29) is 0 Å². The first-order valence-corrected chi connectivity index (χ1v) is 6.58. The number of likely N-dealkylation sites (tertiary alicyclic amines) is 1. The van der Waals surface area contributed by atoms with Gasteiger partial charge in [0.2, 0.25) is 5.82 Å². The molecule has 1 aromatic rings. The van der Waals surface area contributed by atoms with Crippen molar-refractivity contribution in [2.75, 3.05) is 18.4 Å². The monoisotopic (exact) mass is 265 g/mol. The van der Waals surface area contributed by atoms with Crippen molar-refractivity contribution in [2.45, 2.75) is 31.3 Å². The SMILES string of the molecule is O=[N+]([O-])c1ccc(NC2CCN(C3CC3)C2)cc1F. The molecule has 6 heteroatoms. The lowest BCUT2D eigenvalue weighted by atomic mass is 10.2. The van der Waals surface area contributed by atoms with Crippen LogP contribution in [0.25, 0.3) is 0 Å². The number of nitro benzene ring substituents is 1. The van der Waals surface area contributed by atoms with Crippen molar-refractivity contribution in [3.63, 3.8) is 0 Å². The summed E-state index contributed by atoms with van der Waals surface area (Å²) >= 11 is 0. The van der Waals surface area contributed by atoms with Crippen LogP contribution in [0.1, 0.15) is 19.3 Å². The summed E-state index contributed by atoms with van der Waals surface area (Å²) in [5.41, 5.74) is 0.141. The number of nitrogens with zero attached hydrogens (tertiary/aromatic N) is 2. The molecule has 3 rings (SSSR count). The average molecular weight is 265 g/mol. The minimum Gasteiger partial charge on any atom is -0.381 e. The minimum absolute atomic E-state index is 0.307. The fourth-order valence-corrected chi connectivity index (χ4v) is 2.66. The molecule has 1 N–H and O–H groups in total. The highest BCUT2D eigenvalue weighted by molar-refractivity contribution is 5.50. The van der Waals surface area contributed by atoms with E-state index in [1.165, 1.54) is 25.0 Å². The lowest BCUT2D eigenvalue weighted by Crippen LogP contribution is -2.27. The van der Waals surface area contributed by atoms with Crippen molar-refractivity contribution in [1.82, 2.24) is 4.90 Å². The summed E-state index contributed by atoms with van der Waals surface area (Å²) in [6.07, 6.45) is 3.62. The first-order chi connectivity index (χ1) is 9.13. The fourth-order valence-electron chi connectivity index (χ4n) is 2.66. The Morgan fingerprint density at radius 1 is 1.37 bits per heavy atom. The van der Waals surface area contributed by atoms with Gasteiger partial charge in [-0.1, -0.05) is 0 Å². The Morgan fingerprint density at radius 2 is 2.16 bits per heavy atom. The normalized spacial score (nSPS) is 23.5. The molecule has 0 radical (unpaired) electrons. The molecular weight excluding hydrogens is 249 g/mol. The van der Waals surface area contributed by atoms with Crippen LogP contribution in [-0.2, 0) is 0 Å². The Morgan fingerprint density at radius 3 is 2.79 bits per heavy atom. The Bertz CT molecular complexity index is 505. The summed E-state index contributed by atoms with van der Waals surface area (Å²) in [6.45, 7) is 2.06. The largest absolute Gasteiger partial charge is 0.381 e. The van der Waals surface area contributed by atoms with Crippen LogP contribution in [0, 0.1) is 15.9 Å². The van der Waals surface area contributed by atoms with Gasteiger partial charge < -0.3 is 5.32 Å². The smallest absolute Gasteiger partial charge is 0.304 e. The first-order valence-electron chi connectivity index (χ1n) is 6.58. The zero-order valence-corrected chi connectivity index (χ0v) is 10.5. The van der Waals surface area contributed by atoms with Crippen molar-refractivity contribution >= 4 is 11.4 Å². The van der Waals surface area contributed by atoms with Crippen LogP contribution in [-0.4, -0.2) is 35.0 Å². The van der Waals surface area contributed by atoms with E-state index in [0.717, 1.165) is 25.6 Å². The number of benzene rings is 1. The molecule has 1 aliphatic heterocycles. The molecule has 2 aliphatic rings. The van der Waals surface area contributed by atoms with Gasteiger partial charge in [0.1, 0.15) is 0 Å². The number of nitro groups is 1. The van der Waals surface area contributed by atoms with E-state index in [9.17, 15) is 14.5 Å². The molecule has 1 aromatic carbocycles. The number of rotatable bonds is 4. The molecule has 102 valence electrons. The van der Waals surface area contributed by atoms with Gasteiger partial charge in [0, 0.05) is 43.0 Å². The van der Waals surface area contributed by atoms with Crippen molar-refractivity contribution in [2.24, 2.45) is 0 Å². The molecule has 1 aliphatic carbocycles. The molecule has 1 saturated carbocycles. The van der Waals surface area contributed by atoms with E-state index in [0.29, 0.717) is 11.7 Å². The Hall–Kier alpha value is -1.69.